The number of methoxy groups -OCH3 is 2. The number of anilines is 1. The van der Waals surface area contributed by atoms with E-state index in [0.29, 0.717) is 11.5 Å². The Morgan fingerprint density at radius 2 is 1.53 bits per heavy atom. The first-order valence-electron chi connectivity index (χ1n) is 18.9. The highest BCUT2D eigenvalue weighted by atomic mass is 31.1. The predicted octanol–water partition coefficient (Wildman–Crippen LogP) is 6.41. The zero-order chi connectivity index (χ0) is 41.1. The van der Waals surface area contributed by atoms with Crippen molar-refractivity contribution in [3.63, 3.8) is 0 Å². The third kappa shape index (κ3) is 10.1. The van der Waals surface area contributed by atoms with Gasteiger partial charge in [-0.15, -0.1) is 9.42 Å². The van der Waals surface area contributed by atoms with E-state index in [2.05, 4.69) is 45.9 Å². The van der Waals surface area contributed by atoms with Crippen LogP contribution in [-0.2, 0) is 29.0 Å². The van der Waals surface area contributed by atoms with E-state index < -0.39 is 37.9 Å². The van der Waals surface area contributed by atoms with Crippen LogP contribution in [0, 0.1) is 5.92 Å². The summed E-state index contributed by atoms with van der Waals surface area (Å²) in [5, 5.41) is 2.60. The van der Waals surface area contributed by atoms with Gasteiger partial charge in [0.1, 0.15) is 35.5 Å². The number of hydrogen-bond acceptors (Lipinski definition) is 11. The average molecular weight is 804 g/mol. The average Bonchev–Trinajstić information content (AvgIpc) is 3.83. The van der Waals surface area contributed by atoms with Gasteiger partial charge in [0.25, 0.3) is 5.56 Å². The molecular weight excluding hydrogens is 751 g/mol. The second-order valence-corrected chi connectivity index (χ2v) is 14.3. The summed E-state index contributed by atoms with van der Waals surface area (Å²) in [7, 11) is 0.175. The van der Waals surface area contributed by atoms with E-state index in [1.807, 2.05) is 78.9 Å². The van der Waals surface area contributed by atoms with Crippen molar-refractivity contribution in [2.45, 2.75) is 65.1 Å². The molecule has 5 aromatic rings. The maximum absolute atomic E-state index is 12.9. The molecule has 1 fully saturated rings. The van der Waals surface area contributed by atoms with E-state index in [9.17, 15) is 19.0 Å². The first-order chi connectivity index (χ1) is 27.5. The van der Waals surface area contributed by atoms with Gasteiger partial charge in [-0.1, -0.05) is 89.2 Å². The van der Waals surface area contributed by atoms with E-state index in [0.717, 1.165) is 16.7 Å². The second kappa shape index (κ2) is 19.9. The standard InChI is InChI=1S/C35H36N5O9P.C6H15N/c1-21(2)32(41)38-34-37-31-30(33(42)39-34)36-20-40(31)29-18-27(49-50(43)44)28(48-29)19-47-35(22-8-6-5-7-9-22,23-10-14-25(45-3)15-11-23)24-12-16-26(46-4)17-13-24;1-4-7(5-2)6-3/h5-17,20-21,27-29H,18-19H2,1-4H3,(H2-,37,38,39,41,42,43,44);4-6H2,1-3H3/p+1/t27-,28-,29-;/m1./s1. The van der Waals surface area contributed by atoms with Crippen LogP contribution in [0.1, 0.15) is 64.0 Å². The van der Waals surface area contributed by atoms with Gasteiger partial charge in [0.15, 0.2) is 11.2 Å². The molecule has 3 aromatic carbocycles. The molecule has 0 bridgehead atoms. The van der Waals surface area contributed by atoms with Gasteiger partial charge in [-0.3, -0.25) is 24.5 Å². The van der Waals surface area contributed by atoms with Crippen LogP contribution in [0.3, 0.4) is 0 Å². The fourth-order valence-electron chi connectivity index (χ4n) is 6.66. The number of fused-ring (bicyclic) bond motifs is 1. The molecule has 304 valence electrons. The molecule has 1 aliphatic heterocycles. The van der Waals surface area contributed by atoms with Crippen molar-refractivity contribution in [3.8, 4) is 11.5 Å². The van der Waals surface area contributed by atoms with Gasteiger partial charge in [0.05, 0.1) is 27.2 Å². The number of imidazole rings is 1. The van der Waals surface area contributed by atoms with E-state index in [1.54, 1.807) is 28.1 Å². The first kappa shape index (κ1) is 43.1. The fourth-order valence-corrected chi connectivity index (χ4v) is 7.11. The molecule has 6 rings (SSSR count). The Balaban J connectivity index is 0.000000811. The molecule has 57 heavy (non-hydrogen) atoms. The van der Waals surface area contributed by atoms with Crippen molar-refractivity contribution < 1.29 is 37.7 Å². The number of ether oxygens (including phenoxy) is 4. The van der Waals surface area contributed by atoms with Crippen molar-refractivity contribution in [1.29, 1.82) is 0 Å². The number of nitrogens with one attached hydrogen (secondary N) is 2. The Hall–Kier alpha value is -5.02. The summed E-state index contributed by atoms with van der Waals surface area (Å²) in [6.45, 7) is 13.5. The Labute approximate surface area is 333 Å². The molecule has 0 aliphatic carbocycles. The molecule has 15 nitrogen and oxygen atoms in total. The maximum atomic E-state index is 12.9. The molecule has 0 radical (unpaired) electrons. The Morgan fingerprint density at radius 1 is 0.965 bits per heavy atom. The van der Waals surface area contributed by atoms with Gasteiger partial charge in [0, 0.05) is 16.9 Å². The van der Waals surface area contributed by atoms with Crippen molar-refractivity contribution in [2.75, 3.05) is 45.8 Å². The maximum Gasteiger partial charge on any atom is 0.695 e. The lowest BCUT2D eigenvalue weighted by molar-refractivity contribution is -0.118. The van der Waals surface area contributed by atoms with Gasteiger partial charge in [-0.2, -0.15) is 4.98 Å². The minimum atomic E-state index is -3.01. The molecule has 4 atom stereocenters. The van der Waals surface area contributed by atoms with Crippen molar-refractivity contribution >= 4 is 31.3 Å². The molecule has 1 saturated heterocycles. The molecule has 1 amide bonds. The molecule has 1 aliphatic rings. The van der Waals surface area contributed by atoms with Gasteiger partial charge >= 0.3 is 8.25 Å². The summed E-state index contributed by atoms with van der Waals surface area (Å²) in [6.07, 6.45) is -1.07. The van der Waals surface area contributed by atoms with Crippen molar-refractivity contribution in [2.24, 2.45) is 5.92 Å². The van der Waals surface area contributed by atoms with Crippen molar-refractivity contribution in [3.05, 3.63) is 112 Å². The van der Waals surface area contributed by atoms with Crippen molar-refractivity contribution in [1.82, 2.24) is 24.4 Å². The number of nitrogens with zero attached hydrogens (tertiary/aromatic N) is 4. The zero-order valence-corrected chi connectivity index (χ0v) is 34.3. The summed E-state index contributed by atoms with van der Waals surface area (Å²) in [5.74, 6) is 0.610. The molecule has 3 heterocycles. The summed E-state index contributed by atoms with van der Waals surface area (Å²) >= 11 is 0. The Morgan fingerprint density at radius 3 is 2.02 bits per heavy atom. The minimum Gasteiger partial charge on any atom is -0.497 e. The smallest absolute Gasteiger partial charge is 0.497 e. The summed E-state index contributed by atoms with van der Waals surface area (Å²) in [5.41, 5.74) is 0.835. The minimum absolute atomic E-state index is 0.0312. The number of aromatic amines is 1. The SMILES string of the molecule is CCN(CC)CC.COc1ccc(C(OC[C@H]2O[C@@H](n3cnc4c(=O)[nH]c(NC(=O)C(C)C)nc43)C[C@H]2O[P+](=O)O)(c2ccccc2)c2ccc(OC)cc2)cc1. The monoisotopic (exact) mass is 803 g/mol. The number of benzene rings is 3. The highest BCUT2D eigenvalue weighted by Gasteiger charge is 2.46. The molecule has 0 spiro atoms. The third-order valence-corrected chi connectivity index (χ3v) is 10.3. The van der Waals surface area contributed by atoms with E-state index in [1.165, 1.54) is 30.5 Å². The highest BCUT2D eigenvalue weighted by Crippen LogP contribution is 2.44. The van der Waals surface area contributed by atoms with Crippen LogP contribution in [0.2, 0.25) is 0 Å². The molecule has 1 unspecified atom stereocenters. The van der Waals surface area contributed by atoms with Crippen LogP contribution >= 0.6 is 8.25 Å². The summed E-state index contributed by atoms with van der Waals surface area (Å²) < 4.78 is 43.4. The van der Waals surface area contributed by atoms with Crippen LogP contribution < -0.4 is 20.3 Å². The Bertz CT molecular complexity index is 2070. The predicted molar refractivity (Wildman–Crippen MR) is 217 cm³/mol. The first-order valence-corrected chi connectivity index (χ1v) is 20.1. The second-order valence-electron chi connectivity index (χ2n) is 13.6. The molecule has 2 aromatic heterocycles. The Kier molecular flexibility index (Phi) is 15.1. The quantitative estimate of drug-likeness (QED) is 0.0739. The molecule has 0 saturated carbocycles. The van der Waals surface area contributed by atoms with Gasteiger partial charge in [0.2, 0.25) is 11.9 Å². The van der Waals surface area contributed by atoms with E-state index >= 15 is 0 Å². The number of carbonyl (C=O) groups is 1. The van der Waals surface area contributed by atoms with Gasteiger partial charge in [-0.05, 0) is 60.6 Å². The summed E-state index contributed by atoms with van der Waals surface area (Å²) in [6, 6.07) is 24.7. The zero-order valence-electron chi connectivity index (χ0n) is 33.4. The number of aromatic nitrogens is 4. The number of hydrogen-bond donors (Lipinski definition) is 3. The van der Waals surface area contributed by atoms with Gasteiger partial charge < -0.3 is 23.8 Å². The normalized spacial score (nSPS) is 17.0. The number of rotatable bonds is 16. The van der Waals surface area contributed by atoms with Crippen LogP contribution in [0.15, 0.2) is 90.0 Å². The fraction of sp³-hybridized carbons (Fsp3) is 0.415. The third-order valence-electron chi connectivity index (χ3n) is 9.89. The lowest BCUT2D eigenvalue weighted by Gasteiger charge is -2.37. The van der Waals surface area contributed by atoms with Crippen LogP contribution in [0.4, 0.5) is 5.95 Å². The van der Waals surface area contributed by atoms with E-state index in [-0.39, 0.29) is 42.0 Å². The number of carbonyl (C=O) groups excluding carboxylic acids is 1. The van der Waals surface area contributed by atoms with Gasteiger partial charge in [-0.25, -0.2) is 4.98 Å². The number of amides is 1. The largest absolute Gasteiger partial charge is 0.695 e. The summed E-state index contributed by atoms with van der Waals surface area (Å²) in [4.78, 5) is 48.6. The molecular formula is C41H52N6O9P+. The van der Waals surface area contributed by atoms with Crippen LogP contribution in [-0.4, -0.2) is 87.9 Å². The lowest BCUT2D eigenvalue weighted by atomic mass is 9.80. The van der Waals surface area contributed by atoms with E-state index in [4.69, 9.17) is 23.5 Å². The lowest BCUT2D eigenvalue weighted by Crippen LogP contribution is -2.38. The van der Waals surface area contributed by atoms with Crippen LogP contribution in [0.25, 0.3) is 11.2 Å². The molecule has 3 N–H and O–H groups in total. The molecule has 16 heteroatoms. The number of H-pyrrole nitrogens is 1. The highest BCUT2D eigenvalue weighted by molar-refractivity contribution is 7.32. The topological polar surface area (TPSA) is 179 Å². The van der Waals surface area contributed by atoms with Crippen LogP contribution in [0.5, 0.6) is 11.5 Å².